The Hall–Kier alpha value is -0.280. The van der Waals surface area contributed by atoms with Gasteiger partial charge in [-0.1, -0.05) is 0 Å². The summed E-state index contributed by atoms with van der Waals surface area (Å²) in [6, 6.07) is 0. The summed E-state index contributed by atoms with van der Waals surface area (Å²) in [6.45, 7) is 2.05. The Labute approximate surface area is 72.3 Å². The van der Waals surface area contributed by atoms with E-state index < -0.39 is 0 Å². The maximum Gasteiger partial charge on any atom is 0.302 e. The van der Waals surface area contributed by atoms with Crippen molar-refractivity contribution in [1.82, 2.24) is 4.90 Å². The van der Waals surface area contributed by atoms with Gasteiger partial charge in [0.05, 0.1) is 5.88 Å². The summed E-state index contributed by atoms with van der Waals surface area (Å²) >= 11 is 5.55. The van der Waals surface area contributed by atoms with E-state index in [9.17, 15) is 4.79 Å². The molecule has 66 valence electrons. The lowest BCUT2D eigenvalue weighted by atomic mass is 10.4. The second kappa shape index (κ2) is 5.38. The van der Waals surface area contributed by atoms with Crippen LogP contribution >= 0.6 is 11.6 Å². The van der Waals surface area contributed by atoms with Crippen LogP contribution in [0.25, 0.3) is 0 Å². The van der Waals surface area contributed by atoms with E-state index in [1.807, 2.05) is 19.0 Å². The van der Waals surface area contributed by atoms with Crippen LogP contribution in [0.1, 0.15) is 6.92 Å². The van der Waals surface area contributed by atoms with Gasteiger partial charge in [-0.05, 0) is 14.1 Å². The fraction of sp³-hybridized carbons (Fsp3) is 0.857. The van der Waals surface area contributed by atoms with Crippen molar-refractivity contribution in [2.45, 2.75) is 13.0 Å². The average molecular weight is 180 g/mol. The molecule has 0 spiro atoms. The molecule has 0 aromatic heterocycles. The molecule has 4 heteroatoms. The first-order valence-corrected chi connectivity index (χ1v) is 3.97. The number of likely N-dealkylation sites (N-methyl/N-ethyl adjacent to an activating group) is 1. The zero-order valence-electron chi connectivity index (χ0n) is 7.13. The Bertz CT molecular complexity index is 128. The minimum Gasteiger partial charge on any atom is -0.460 e. The van der Waals surface area contributed by atoms with Gasteiger partial charge in [0.1, 0.15) is 6.10 Å². The van der Waals surface area contributed by atoms with Crippen molar-refractivity contribution < 1.29 is 9.53 Å². The molecule has 3 nitrogen and oxygen atoms in total. The maximum absolute atomic E-state index is 10.5. The minimum atomic E-state index is -0.280. The summed E-state index contributed by atoms with van der Waals surface area (Å²) in [7, 11) is 3.81. The molecule has 1 atom stereocenters. The number of halogens is 1. The van der Waals surface area contributed by atoms with E-state index in [4.69, 9.17) is 16.3 Å². The van der Waals surface area contributed by atoms with Crippen molar-refractivity contribution in [3.8, 4) is 0 Å². The van der Waals surface area contributed by atoms with Gasteiger partial charge in [-0.15, -0.1) is 11.6 Å². The van der Waals surface area contributed by atoms with Gasteiger partial charge in [0.25, 0.3) is 0 Å². The molecule has 0 fully saturated rings. The third-order valence-electron chi connectivity index (χ3n) is 1.07. The van der Waals surface area contributed by atoms with Crippen molar-refractivity contribution in [3.63, 3.8) is 0 Å². The number of esters is 1. The normalized spacial score (nSPS) is 13.2. The monoisotopic (exact) mass is 179 g/mol. The highest BCUT2D eigenvalue weighted by atomic mass is 35.5. The number of nitrogens with zero attached hydrogens (tertiary/aromatic N) is 1. The third-order valence-corrected chi connectivity index (χ3v) is 1.42. The SMILES string of the molecule is CC(=O)OC(CCl)CN(C)C. The van der Waals surface area contributed by atoms with Gasteiger partial charge in [-0.25, -0.2) is 0 Å². The molecule has 0 aromatic rings. The summed E-state index contributed by atoms with van der Waals surface area (Å²) in [5, 5.41) is 0. The van der Waals surface area contributed by atoms with E-state index in [0.717, 1.165) is 0 Å². The van der Waals surface area contributed by atoms with E-state index in [2.05, 4.69) is 0 Å². The van der Waals surface area contributed by atoms with Crippen LogP contribution < -0.4 is 0 Å². The first-order chi connectivity index (χ1) is 5.06. The zero-order valence-corrected chi connectivity index (χ0v) is 7.89. The van der Waals surface area contributed by atoms with Crippen LogP contribution in [0, 0.1) is 0 Å². The van der Waals surface area contributed by atoms with Crippen molar-refractivity contribution in [1.29, 1.82) is 0 Å². The Morgan fingerprint density at radius 2 is 2.18 bits per heavy atom. The molecule has 0 rings (SSSR count). The van der Waals surface area contributed by atoms with Crippen LogP contribution in [0.15, 0.2) is 0 Å². The number of carbonyl (C=O) groups is 1. The molecule has 0 saturated carbocycles. The molecule has 0 bridgehead atoms. The van der Waals surface area contributed by atoms with Gasteiger partial charge in [0.15, 0.2) is 0 Å². The highest BCUT2D eigenvalue weighted by Gasteiger charge is 2.10. The summed E-state index contributed by atoms with van der Waals surface area (Å²) < 4.78 is 4.90. The summed E-state index contributed by atoms with van der Waals surface area (Å²) in [6.07, 6.45) is -0.191. The van der Waals surface area contributed by atoms with Crippen LogP contribution in [0.2, 0.25) is 0 Å². The fourth-order valence-electron chi connectivity index (χ4n) is 0.760. The van der Waals surface area contributed by atoms with E-state index in [0.29, 0.717) is 12.4 Å². The van der Waals surface area contributed by atoms with Crippen LogP contribution in [-0.4, -0.2) is 43.5 Å². The number of hydrogen-bond acceptors (Lipinski definition) is 3. The smallest absolute Gasteiger partial charge is 0.302 e. The predicted octanol–water partition coefficient (Wildman–Crippen LogP) is 0.718. The quantitative estimate of drug-likeness (QED) is 0.471. The lowest BCUT2D eigenvalue weighted by molar-refractivity contribution is -0.145. The topological polar surface area (TPSA) is 29.5 Å². The maximum atomic E-state index is 10.5. The van der Waals surface area contributed by atoms with Crippen molar-refractivity contribution in [2.24, 2.45) is 0 Å². The number of ether oxygens (including phenoxy) is 1. The molecule has 0 amide bonds. The molecule has 0 aliphatic heterocycles. The van der Waals surface area contributed by atoms with Gasteiger partial charge in [0, 0.05) is 13.5 Å². The van der Waals surface area contributed by atoms with Crippen molar-refractivity contribution >= 4 is 17.6 Å². The molecule has 0 aromatic carbocycles. The predicted molar refractivity (Wildman–Crippen MR) is 44.8 cm³/mol. The molecule has 0 radical (unpaired) electrons. The second-order valence-electron chi connectivity index (χ2n) is 2.65. The molecule has 0 aliphatic carbocycles. The summed E-state index contributed by atoms with van der Waals surface area (Å²) in [5.74, 6) is 0.0649. The van der Waals surface area contributed by atoms with E-state index in [-0.39, 0.29) is 12.1 Å². The molecule has 0 aliphatic rings. The highest BCUT2D eigenvalue weighted by molar-refractivity contribution is 6.18. The van der Waals surface area contributed by atoms with Gasteiger partial charge in [-0.2, -0.15) is 0 Å². The first-order valence-electron chi connectivity index (χ1n) is 3.44. The van der Waals surface area contributed by atoms with Gasteiger partial charge >= 0.3 is 5.97 Å². The van der Waals surface area contributed by atoms with Gasteiger partial charge < -0.3 is 9.64 Å². The lowest BCUT2D eigenvalue weighted by Gasteiger charge is -2.18. The number of hydrogen-bond donors (Lipinski definition) is 0. The minimum absolute atomic E-state index is 0.191. The van der Waals surface area contributed by atoms with Crippen molar-refractivity contribution in [3.05, 3.63) is 0 Å². The summed E-state index contributed by atoms with van der Waals surface area (Å²) in [4.78, 5) is 12.4. The van der Waals surface area contributed by atoms with E-state index >= 15 is 0 Å². The fourth-order valence-corrected chi connectivity index (χ4v) is 0.920. The molecule has 11 heavy (non-hydrogen) atoms. The van der Waals surface area contributed by atoms with Crippen LogP contribution in [0.4, 0.5) is 0 Å². The Morgan fingerprint density at radius 3 is 2.45 bits per heavy atom. The number of carbonyl (C=O) groups excluding carboxylic acids is 1. The standard InChI is InChI=1S/C7H14ClNO2/c1-6(10)11-7(4-8)5-9(2)3/h7H,4-5H2,1-3H3. The Balaban J connectivity index is 3.66. The second-order valence-corrected chi connectivity index (χ2v) is 2.96. The molecule has 0 N–H and O–H groups in total. The molecular formula is C7H14ClNO2. The molecular weight excluding hydrogens is 166 g/mol. The largest absolute Gasteiger partial charge is 0.460 e. The zero-order chi connectivity index (χ0) is 8.85. The molecule has 1 unspecified atom stereocenters. The number of rotatable bonds is 4. The van der Waals surface area contributed by atoms with Crippen LogP contribution in [0.5, 0.6) is 0 Å². The lowest BCUT2D eigenvalue weighted by Crippen LogP contribution is -2.31. The molecule has 0 saturated heterocycles. The first kappa shape index (κ1) is 10.7. The Kier molecular flexibility index (Phi) is 5.24. The number of alkyl halides is 1. The third kappa shape index (κ3) is 6.13. The average Bonchev–Trinajstić information content (AvgIpc) is 1.84. The van der Waals surface area contributed by atoms with E-state index in [1.165, 1.54) is 6.92 Å². The highest BCUT2D eigenvalue weighted by Crippen LogP contribution is 1.97. The van der Waals surface area contributed by atoms with Crippen LogP contribution in [-0.2, 0) is 9.53 Å². The summed E-state index contributed by atoms with van der Waals surface area (Å²) in [5.41, 5.74) is 0. The molecule has 0 heterocycles. The van der Waals surface area contributed by atoms with Crippen molar-refractivity contribution in [2.75, 3.05) is 26.5 Å². The van der Waals surface area contributed by atoms with Crippen LogP contribution in [0.3, 0.4) is 0 Å². The van der Waals surface area contributed by atoms with Gasteiger partial charge in [0.2, 0.25) is 0 Å². The Morgan fingerprint density at radius 1 is 1.64 bits per heavy atom. The van der Waals surface area contributed by atoms with E-state index in [1.54, 1.807) is 0 Å². The van der Waals surface area contributed by atoms with Gasteiger partial charge in [-0.3, -0.25) is 4.79 Å².